The average molecular weight is 298 g/mol. The second-order valence-corrected chi connectivity index (χ2v) is 6.53. The Morgan fingerprint density at radius 3 is 2.05 bits per heavy atom. The van der Waals surface area contributed by atoms with E-state index in [2.05, 4.69) is 6.92 Å². The van der Waals surface area contributed by atoms with E-state index < -0.39 is 7.60 Å². The van der Waals surface area contributed by atoms with E-state index in [4.69, 9.17) is 9.05 Å². The second-order valence-electron chi connectivity index (χ2n) is 4.47. The molecule has 20 heavy (non-hydrogen) atoms. The Balaban J connectivity index is 2.75. The molecule has 0 fully saturated rings. The zero-order valence-corrected chi connectivity index (χ0v) is 13.3. The number of carbonyl (C=O) groups is 1. The van der Waals surface area contributed by atoms with Crippen molar-refractivity contribution in [3.05, 3.63) is 35.4 Å². The van der Waals surface area contributed by atoms with E-state index in [0.29, 0.717) is 5.56 Å². The van der Waals surface area contributed by atoms with Crippen LogP contribution in [0.1, 0.15) is 43.1 Å². The Hall–Kier alpha value is -0.960. The number of benzene rings is 1. The molecule has 0 N–H and O–H groups in total. The van der Waals surface area contributed by atoms with Crippen molar-refractivity contribution < 1.29 is 18.4 Å². The lowest BCUT2D eigenvalue weighted by Crippen LogP contribution is -2.10. The first-order valence-corrected chi connectivity index (χ1v) is 8.77. The maximum Gasteiger partial charge on any atom is 0.338 e. The minimum atomic E-state index is -3.32. The molecular formula is C15H23O4P. The van der Waals surface area contributed by atoms with Crippen LogP contribution < -0.4 is 0 Å². The number of Topliss-reactive ketones (excluding diaryl/α,β-unsaturated/α-hetero) is 1. The van der Waals surface area contributed by atoms with Crippen molar-refractivity contribution in [3.63, 3.8) is 0 Å². The van der Waals surface area contributed by atoms with Crippen molar-refractivity contribution in [2.24, 2.45) is 0 Å². The number of rotatable bonds is 9. The van der Waals surface area contributed by atoms with Crippen LogP contribution in [0.15, 0.2) is 24.3 Å². The van der Waals surface area contributed by atoms with Gasteiger partial charge in [0.1, 0.15) is 6.16 Å². The van der Waals surface area contributed by atoms with Crippen LogP contribution in [0.5, 0.6) is 0 Å². The van der Waals surface area contributed by atoms with Crippen molar-refractivity contribution in [2.75, 3.05) is 19.4 Å². The molecule has 0 amide bonds. The molecule has 0 heterocycles. The van der Waals surface area contributed by atoms with E-state index >= 15 is 0 Å². The third-order valence-corrected chi connectivity index (χ3v) is 4.78. The summed E-state index contributed by atoms with van der Waals surface area (Å²) in [4.78, 5) is 12.1. The van der Waals surface area contributed by atoms with Gasteiger partial charge in [-0.3, -0.25) is 9.36 Å². The topological polar surface area (TPSA) is 52.6 Å². The molecule has 1 aromatic rings. The largest absolute Gasteiger partial charge is 0.338 e. The normalized spacial score (nSPS) is 11.6. The van der Waals surface area contributed by atoms with Crippen LogP contribution in [0.3, 0.4) is 0 Å². The van der Waals surface area contributed by atoms with Gasteiger partial charge in [0.25, 0.3) is 0 Å². The number of hydrogen-bond donors (Lipinski definition) is 0. The Bertz CT molecular complexity index is 457. The summed E-state index contributed by atoms with van der Waals surface area (Å²) >= 11 is 0. The molecule has 0 spiro atoms. The molecule has 112 valence electrons. The summed E-state index contributed by atoms with van der Waals surface area (Å²) in [6, 6.07) is 7.41. The molecule has 0 aromatic heterocycles. The van der Waals surface area contributed by atoms with Gasteiger partial charge < -0.3 is 9.05 Å². The van der Waals surface area contributed by atoms with Crippen molar-refractivity contribution in [3.8, 4) is 0 Å². The third-order valence-electron chi connectivity index (χ3n) is 2.80. The first kappa shape index (κ1) is 17.1. The van der Waals surface area contributed by atoms with E-state index in [1.807, 2.05) is 12.1 Å². The highest BCUT2D eigenvalue weighted by Crippen LogP contribution is 2.48. The zero-order chi connectivity index (χ0) is 15.0. The van der Waals surface area contributed by atoms with E-state index in [-0.39, 0.29) is 25.2 Å². The highest BCUT2D eigenvalue weighted by atomic mass is 31.2. The smallest absolute Gasteiger partial charge is 0.309 e. The van der Waals surface area contributed by atoms with Crippen LogP contribution >= 0.6 is 7.60 Å². The lowest BCUT2D eigenvalue weighted by Gasteiger charge is -2.16. The number of ketones is 1. The first-order chi connectivity index (χ1) is 9.54. The van der Waals surface area contributed by atoms with Gasteiger partial charge in [0, 0.05) is 5.56 Å². The molecule has 0 radical (unpaired) electrons. The molecule has 0 saturated carbocycles. The summed E-state index contributed by atoms with van der Waals surface area (Å²) < 4.78 is 22.6. The fourth-order valence-electron chi connectivity index (χ4n) is 1.94. The molecule has 1 aromatic carbocycles. The summed E-state index contributed by atoms with van der Waals surface area (Å²) in [6.07, 6.45) is 1.85. The molecule has 0 unspecified atom stereocenters. The fourth-order valence-corrected chi connectivity index (χ4v) is 3.51. The molecular weight excluding hydrogens is 275 g/mol. The Morgan fingerprint density at radius 2 is 1.60 bits per heavy atom. The maximum absolute atomic E-state index is 12.3. The monoisotopic (exact) mass is 298 g/mol. The van der Waals surface area contributed by atoms with E-state index in [0.717, 1.165) is 12.8 Å². The quantitative estimate of drug-likeness (QED) is 0.509. The summed E-state index contributed by atoms with van der Waals surface area (Å²) in [5.74, 6) is -0.210. The van der Waals surface area contributed by atoms with Crippen molar-refractivity contribution in [1.29, 1.82) is 0 Å². The van der Waals surface area contributed by atoms with Gasteiger partial charge in [-0.2, -0.15) is 0 Å². The van der Waals surface area contributed by atoms with Gasteiger partial charge in [-0.1, -0.05) is 37.6 Å². The van der Waals surface area contributed by atoms with Gasteiger partial charge >= 0.3 is 7.60 Å². The van der Waals surface area contributed by atoms with E-state index in [1.54, 1.807) is 26.0 Å². The van der Waals surface area contributed by atoms with Crippen LogP contribution in [0, 0.1) is 0 Å². The number of aryl methyl sites for hydroxylation is 1. The van der Waals surface area contributed by atoms with Crippen molar-refractivity contribution >= 4 is 13.4 Å². The van der Waals surface area contributed by atoms with Crippen molar-refractivity contribution in [2.45, 2.75) is 33.6 Å². The SMILES string of the molecule is CCCc1ccc(C(=O)CP(=O)(OCC)OCC)cc1. The zero-order valence-electron chi connectivity index (χ0n) is 12.4. The fraction of sp³-hybridized carbons (Fsp3) is 0.533. The van der Waals surface area contributed by atoms with Gasteiger partial charge in [-0.15, -0.1) is 0 Å². The third kappa shape index (κ3) is 5.20. The first-order valence-electron chi connectivity index (χ1n) is 7.05. The standard InChI is InChI=1S/C15H23O4P/c1-4-7-13-8-10-14(11-9-13)15(16)12-20(17,18-5-2)19-6-3/h8-11H,4-7,12H2,1-3H3. The minimum Gasteiger partial charge on any atom is -0.309 e. The number of hydrogen-bond acceptors (Lipinski definition) is 4. The second kappa shape index (κ2) is 8.35. The Labute approximate surface area is 121 Å². The summed E-state index contributed by atoms with van der Waals surface area (Å²) in [7, 11) is -3.32. The lowest BCUT2D eigenvalue weighted by molar-refractivity contribution is 0.100. The molecule has 0 bridgehead atoms. The van der Waals surface area contributed by atoms with Crippen LogP contribution in [0.4, 0.5) is 0 Å². The molecule has 0 aliphatic carbocycles. The summed E-state index contributed by atoms with van der Waals surface area (Å²) in [6.45, 7) is 6.10. The highest BCUT2D eigenvalue weighted by Gasteiger charge is 2.28. The van der Waals surface area contributed by atoms with Gasteiger partial charge in [-0.25, -0.2) is 0 Å². The molecule has 5 heteroatoms. The van der Waals surface area contributed by atoms with Crippen LogP contribution in [0.2, 0.25) is 0 Å². The molecule has 0 aliphatic heterocycles. The minimum absolute atomic E-state index is 0.207. The van der Waals surface area contributed by atoms with Crippen molar-refractivity contribution in [1.82, 2.24) is 0 Å². The summed E-state index contributed by atoms with van der Waals surface area (Å²) in [5.41, 5.74) is 1.74. The predicted molar refractivity (Wildman–Crippen MR) is 80.5 cm³/mol. The molecule has 0 aliphatic rings. The Kier molecular flexibility index (Phi) is 7.14. The maximum atomic E-state index is 12.3. The van der Waals surface area contributed by atoms with Crippen LogP contribution in [-0.4, -0.2) is 25.2 Å². The predicted octanol–water partition coefficient (Wildman–Crippen LogP) is 4.09. The van der Waals surface area contributed by atoms with Crippen LogP contribution in [0.25, 0.3) is 0 Å². The van der Waals surface area contributed by atoms with Gasteiger partial charge in [0.2, 0.25) is 0 Å². The van der Waals surface area contributed by atoms with E-state index in [9.17, 15) is 9.36 Å². The average Bonchev–Trinajstić information content (AvgIpc) is 2.40. The molecule has 1 rings (SSSR count). The van der Waals surface area contributed by atoms with E-state index in [1.165, 1.54) is 5.56 Å². The number of carbonyl (C=O) groups excluding carboxylic acids is 1. The lowest BCUT2D eigenvalue weighted by atomic mass is 10.1. The molecule has 4 nitrogen and oxygen atoms in total. The van der Waals surface area contributed by atoms with Gasteiger partial charge in [0.15, 0.2) is 5.78 Å². The van der Waals surface area contributed by atoms with Gasteiger partial charge in [0.05, 0.1) is 13.2 Å². The summed E-state index contributed by atoms with van der Waals surface area (Å²) in [5, 5.41) is 0. The molecule has 0 saturated heterocycles. The van der Waals surface area contributed by atoms with Crippen LogP contribution in [-0.2, 0) is 20.0 Å². The van der Waals surface area contributed by atoms with Gasteiger partial charge in [-0.05, 0) is 25.8 Å². The highest BCUT2D eigenvalue weighted by molar-refractivity contribution is 7.54. The molecule has 0 atom stereocenters. The Morgan fingerprint density at radius 1 is 1.05 bits per heavy atom.